The number of hydrogen-bond acceptors (Lipinski definition) is 2. The number of unbranched alkanes of at least 4 members (excludes halogenated alkanes) is 3. The van der Waals surface area contributed by atoms with Gasteiger partial charge in [0.05, 0.1) is 13.1 Å². The zero-order valence-electron chi connectivity index (χ0n) is 13.1. The summed E-state index contributed by atoms with van der Waals surface area (Å²) in [6, 6.07) is -0.458. The Bertz CT molecular complexity index is 252. The number of rotatable bonds is 11. The van der Waals surface area contributed by atoms with Crippen LogP contribution in [0.2, 0.25) is 0 Å². The van der Waals surface area contributed by atoms with Crippen LogP contribution in [-0.4, -0.2) is 52.4 Å². The molecule has 0 spiro atoms. The Morgan fingerprint density at radius 1 is 1.11 bits per heavy atom. The summed E-state index contributed by atoms with van der Waals surface area (Å²) in [6.07, 6.45) is 4.98. The molecular formula is C15H32NO3+. The first-order valence-electron chi connectivity index (χ1n) is 7.70. The van der Waals surface area contributed by atoms with Crippen molar-refractivity contribution in [2.75, 3.05) is 19.6 Å². The highest BCUT2D eigenvalue weighted by Gasteiger charge is 2.37. The molecule has 0 aromatic rings. The second-order valence-corrected chi connectivity index (χ2v) is 5.55. The normalized spacial score (nSPS) is 15.2. The predicted molar refractivity (Wildman–Crippen MR) is 78.1 cm³/mol. The molecule has 0 aromatic heterocycles. The highest BCUT2D eigenvalue weighted by molar-refractivity contribution is 5.71. The molecule has 114 valence electrons. The van der Waals surface area contributed by atoms with Crippen molar-refractivity contribution in [1.29, 1.82) is 0 Å². The first-order chi connectivity index (χ1) is 8.93. The Morgan fingerprint density at radius 3 is 2.11 bits per heavy atom. The topological polar surface area (TPSA) is 57.5 Å². The van der Waals surface area contributed by atoms with Crippen LogP contribution in [0.1, 0.15) is 59.8 Å². The minimum absolute atomic E-state index is 0.390. The third-order valence-electron chi connectivity index (χ3n) is 4.40. The molecule has 0 aliphatic carbocycles. The summed E-state index contributed by atoms with van der Waals surface area (Å²) in [6.45, 7) is 9.97. The number of carbonyl (C=O) groups is 1. The van der Waals surface area contributed by atoms with Gasteiger partial charge in [0.25, 0.3) is 0 Å². The van der Waals surface area contributed by atoms with Crippen LogP contribution in [0.25, 0.3) is 0 Å². The molecule has 4 nitrogen and oxygen atoms in total. The maximum absolute atomic E-state index is 11.2. The highest BCUT2D eigenvalue weighted by atomic mass is 16.4. The number of hydrogen-bond donors (Lipinski definition) is 2. The molecule has 0 amide bonds. The van der Waals surface area contributed by atoms with E-state index in [1.165, 1.54) is 12.8 Å². The Hall–Kier alpha value is -0.610. The van der Waals surface area contributed by atoms with Gasteiger partial charge in [-0.2, -0.15) is 0 Å². The fourth-order valence-electron chi connectivity index (χ4n) is 2.74. The van der Waals surface area contributed by atoms with Gasteiger partial charge in [0.1, 0.15) is 12.6 Å². The average molecular weight is 274 g/mol. The molecule has 0 bridgehead atoms. The van der Waals surface area contributed by atoms with Crippen molar-refractivity contribution in [2.45, 2.75) is 71.9 Å². The summed E-state index contributed by atoms with van der Waals surface area (Å²) in [4.78, 5) is 11.2. The van der Waals surface area contributed by atoms with Crippen molar-refractivity contribution in [3.8, 4) is 0 Å². The minimum atomic E-state index is -0.776. The summed E-state index contributed by atoms with van der Waals surface area (Å²) >= 11 is 0. The number of likely N-dealkylation sites (N-methyl/N-ethyl adjacent to an activating group) is 1. The molecule has 2 unspecified atom stereocenters. The molecule has 0 aromatic carbocycles. The van der Waals surface area contributed by atoms with Gasteiger partial charge in [-0.15, -0.1) is 0 Å². The van der Waals surface area contributed by atoms with E-state index in [1.54, 1.807) is 6.92 Å². The van der Waals surface area contributed by atoms with Gasteiger partial charge in [-0.3, -0.25) is 0 Å². The largest absolute Gasteiger partial charge is 0.477 e. The standard InChI is InChI=1S/C15H31NO3/c1-5-8-9-10-11-14(17)12-16(6-2,7-3)13(4)15(18)19/h13-14,17H,5-12H2,1-4H3/p+1. The Morgan fingerprint density at radius 2 is 1.68 bits per heavy atom. The molecule has 0 fully saturated rings. The molecule has 19 heavy (non-hydrogen) atoms. The second-order valence-electron chi connectivity index (χ2n) is 5.55. The van der Waals surface area contributed by atoms with E-state index in [0.29, 0.717) is 11.0 Å². The Kier molecular flexibility index (Phi) is 9.02. The second kappa shape index (κ2) is 9.32. The fourth-order valence-corrected chi connectivity index (χ4v) is 2.74. The summed E-state index contributed by atoms with van der Waals surface area (Å²) in [7, 11) is 0. The SMILES string of the molecule is CCCCCCC(O)C[N+](CC)(CC)C(C)C(=O)O. The van der Waals surface area contributed by atoms with E-state index in [-0.39, 0.29) is 0 Å². The zero-order chi connectivity index (χ0) is 14.9. The van der Waals surface area contributed by atoms with E-state index >= 15 is 0 Å². The summed E-state index contributed by atoms with van der Waals surface area (Å²) in [5.74, 6) is -0.776. The van der Waals surface area contributed by atoms with Crippen LogP contribution in [0.4, 0.5) is 0 Å². The molecule has 0 radical (unpaired) electrons. The van der Waals surface area contributed by atoms with E-state index in [0.717, 1.165) is 32.4 Å². The predicted octanol–water partition coefficient (Wildman–Crippen LogP) is 2.65. The molecular weight excluding hydrogens is 242 g/mol. The lowest BCUT2D eigenvalue weighted by molar-refractivity contribution is -0.941. The molecule has 2 atom stereocenters. The van der Waals surface area contributed by atoms with Gasteiger partial charge < -0.3 is 14.7 Å². The van der Waals surface area contributed by atoms with Gasteiger partial charge in [0.2, 0.25) is 0 Å². The van der Waals surface area contributed by atoms with Crippen molar-refractivity contribution in [3.05, 3.63) is 0 Å². The Balaban J connectivity index is 4.44. The van der Waals surface area contributed by atoms with E-state index in [2.05, 4.69) is 6.92 Å². The molecule has 0 heterocycles. The third-order valence-corrected chi connectivity index (χ3v) is 4.40. The molecule has 0 saturated heterocycles. The number of nitrogens with zero attached hydrogens (tertiary/aromatic N) is 1. The number of quaternary nitrogens is 1. The van der Waals surface area contributed by atoms with Crippen LogP contribution in [-0.2, 0) is 4.79 Å². The average Bonchev–Trinajstić information content (AvgIpc) is 2.40. The van der Waals surface area contributed by atoms with Crippen LogP contribution < -0.4 is 0 Å². The maximum atomic E-state index is 11.2. The van der Waals surface area contributed by atoms with Gasteiger partial charge in [0.15, 0.2) is 6.04 Å². The van der Waals surface area contributed by atoms with Crippen molar-refractivity contribution in [3.63, 3.8) is 0 Å². The quantitative estimate of drug-likeness (QED) is 0.450. The van der Waals surface area contributed by atoms with Crippen molar-refractivity contribution in [2.24, 2.45) is 0 Å². The van der Waals surface area contributed by atoms with Gasteiger partial charge >= 0.3 is 5.97 Å². The van der Waals surface area contributed by atoms with Gasteiger partial charge in [0, 0.05) is 0 Å². The number of aliphatic hydroxyl groups is 1. The Labute approximate surface area is 118 Å². The van der Waals surface area contributed by atoms with E-state index in [9.17, 15) is 15.0 Å². The van der Waals surface area contributed by atoms with Crippen LogP contribution in [0.5, 0.6) is 0 Å². The van der Waals surface area contributed by atoms with Crippen LogP contribution in [0, 0.1) is 0 Å². The molecule has 2 N–H and O–H groups in total. The van der Waals surface area contributed by atoms with Crippen molar-refractivity contribution >= 4 is 5.97 Å². The van der Waals surface area contributed by atoms with Gasteiger partial charge in [-0.05, 0) is 27.2 Å². The summed E-state index contributed by atoms with van der Waals surface area (Å²) in [5, 5.41) is 19.4. The van der Waals surface area contributed by atoms with Crippen LogP contribution >= 0.6 is 0 Å². The maximum Gasteiger partial charge on any atom is 0.362 e. The third kappa shape index (κ3) is 5.91. The number of aliphatic hydroxyl groups excluding tert-OH is 1. The van der Waals surface area contributed by atoms with E-state index < -0.39 is 18.1 Å². The monoisotopic (exact) mass is 274 g/mol. The van der Waals surface area contributed by atoms with Crippen LogP contribution in [0.15, 0.2) is 0 Å². The highest BCUT2D eigenvalue weighted by Crippen LogP contribution is 2.17. The number of aliphatic carboxylic acids is 1. The number of carboxylic acid groups (broad SMARTS) is 1. The lowest BCUT2D eigenvalue weighted by Gasteiger charge is -2.41. The first kappa shape index (κ1) is 18.4. The van der Waals surface area contributed by atoms with Gasteiger partial charge in [-0.1, -0.05) is 32.6 Å². The smallest absolute Gasteiger partial charge is 0.362 e. The van der Waals surface area contributed by atoms with Crippen molar-refractivity contribution < 1.29 is 19.5 Å². The molecule has 0 saturated carbocycles. The van der Waals surface area contributed by atoms with E-state index in [1.807, 2.05) is 13.8 Å². The molecule has 0 rings (SSSR count). The number of carboxylic acids is 1. The summed E-state index contributed by atoms with van der Waals surface area (Å²) < 4.78 is 0.463. The fraction of sp³-hybridized carbons (Fsp3) is 0.933. The summed E-state index contributed by atoms with van der Waals surface area (Å²) in [5.41, 5.74) is 0. The zero-order valence-corrected chi connectivity index (χ0v) is 13.1. The first-order valence-corrected chi connectivity index (χ1v) is 7.70. The molecule has 0 aliphatic rings. The lowest BCUT2D eigenvalue weighted by Crippen LogP contribution is -2.60. The van der Waals surface area contributed by atoms with Gasteiger partial charge in [-0.25, -0.2) is 4.79 Å². The van der Waals surface area contributed by atoms with Crippen molar-refractivity contribution in [1.82, 2.24) is 0 Å². The van der Waals surface area contributed by atoms with Crippen LogP contribution in [0.3, 0.4) is 0 Å². The molecule has 0 aliphatic heterocycles. The van der Waals surface area contributed by atoms with E-state index in [4.69, 9.17) is 0 Å². The minimum Gasteiger partial charge on any atom is -0.477 e. The lowest BCUT2D eigenvalue weighted by atomic mass is 10.1. The molecule has 4 heteroatoms.